The lowest BCUT2D eigenvalue weighted by Crippen LogP contribution is -1.94. The fourth-order valence-corrected chi connectivity index (χ4v) is 2.21. The van der Waals surface area contributed by atoms with Gasteiger partial charge in [0.2, 0.25) is 0 Å². The monoisotopic (exact) mass is 269 g/mol. The van der Waals surface area contributed by atoms with Gasteiger partial charge in [-0.2, -0.15) is 0 Å². The van der Waals surface area contributed by atoms with Gasteiger partial charge in [-0.25, -0.2) is 4.79 Å². The molecule has 2 heterocycles. The van der Waals surface area contributed by atoms with E-state index in [1.54, 1.807) is 0 Å². The van der Waals surface area contributed by atoms with Crippen molar-refractivity contribution in [3.05, 3.63) is 47.7 Å². The third kappa shape index (κ3) is 2.09. The maximum atomic E-state index is 10.9. The van der Waals surface area contributed by atoms with Crippen LogP contribution in [0, 0.1) is 0 Å². The number of H-pyrrole nitrogens is 1. The second-order valence-corrected chi connectivity index (χ2v) is 5.15. The van der Waals surface area contributed by atoms with Crippen molar-refractivity contribution in [2.24, 2.45) is 0 Å². The summed E-state index contributed by atoms with van der Waals surface area (Å²) < 4.78 is 5.69. The van der Waals surface area contributed by atoms with E-state index in [1.807, 2.05) is 18.2 Å². The minimum Gasteiger partial charge on any atom is -0.477 e. The van der Waals surface area contributed by atoms with Crippen LogP contribution in [0.1, 0.15) is 35.8 Å². The first-order valence-electron chi connectivity index (χ1n) is 6.51. The van der Waals surface area contributed by atoms with E-state index in [0.717, 1.165) is 11.3 Å². The highest BCUT2D eigenvalue weighted by Gasteiger charge is 2.13. The molecule has 0 aliphatic rings. The standard InChI is InChI=1S/C16H15NO3/c1-9(2)10-3-5-11(6-4-10)14-7-12-15(20-14)8-13(17-12)16(18)19/h3-9,17H,1-2H3,(H,18,19). The van der Waals surface area contributed by atoms with Gasteiger partial charge < -0.3 is 14.5 Å². The third-order valence-corrected chi connectivity index (χ3v) is 3.40. The van der Waals surface area contributed by atoms with Crippen molar-refractivity contribution in [3.8, 4) is 11.3 Å². The number of carboxylic acids is 1. The van der Waals surface area contributed by atoms with Crippen molar-refractivity contribution >= 4 is 17.1 Å². The molecule has 4 heteroatoms. The molecule has 2 N–H and O–H groups in total. The molecular weight excluding hydrogens is 254 g/mol. The van der Waals surface area contributed by atoms with E-state index in [-0.39, 0.29) is 5.69 Å². The smallest absolute Gasteiger partial charge is 0.352 e. The van der Waals surface area contributed by atoms with Gasteiger partial charge in [-0.15, -0.1) is 0 Å². The lowest BCUT2D eigenvalue weighted by molar-refractivity contribution is 0.0691. The molecule has 102 valence electrons. The Labute approximate surface area is 116 Å². The first-order valence-corrected chi connectivity index (χ1v) is 6.51. The van der Waals surface area contributed by atoms with Gasteiger partial charge in [0.25, 0.3) is 0 Å². The van der Waals surface area contributed by atoms with Crippen LogP contribution in [-0.2, 0) is 0 Å². The molecule has 0 radical (unpaired) electrons. The molecule has 20 heavy (non-hydrogen) atoms. The van der Waals surface area contributed by atoms with Gasteiger partial charge in [0.05, 0.1) is 5.52 Å². The van der Waals surface area contributed by atoms with Gasteiger partial charge in [-0.3, -0.25) is 0 Å². The Morgan fingerprint density at radius 3 is 2.45 bits per heavy atom. The van der Waals surface area contributed by atoms with E-state index < -0.39 is 5.97 Å². The molecule has 4 nitrogen and oxygen atoms in total. The Kier molecular flexibility index (Phi) is 2.86. The highest BCUT2D eigenvalue weighted by atomic mass is 16.4. The molecule has 0 atom stereocenters. The van der Waals surface area contributed by atoms with E-state index in [2.05, 4.69) is 31.0 Å². The number of hydrogen-bond acceptors (Lipinski definition) is 2. The number of hydrogen-bond donors (Lipinski definition) is 2. The number of rotatable bonds is 3. The highest BCUT2D eigenvalue weighted by Crippen LogP contribution is 2.29. The summed E-state index contributed by atoms with van der Waals surface area (Å²) in [6.45, 7) is 4.30. The number of benzene rings is 1. The van der Waals surface area contributed by atoms with Crippen molar-refractivity contribution in [3.63, 3.8) is 0 Å². The van der Waals surface area contributed by atoms with Crippen molar-refractivity contribution in [1.29, 1.82) is 0 Å². The van der Waals surface area contributed by atoms with Crippen LogP contribution >= 0.6 is 0 Å². The van der Waals surface area contributed by atoms with Crippen molar-refractivity contribution in [1.82, 2.24) is 4.98 Å². The van der Waals surface area contributed by atoms with E-state index in [4.69, 9.17) is 9.52 Å². The van der Waals surface area contributed by atoms with Gasteiger partial charge in [0.15, 0.2) is 5.58 Å². The Morgan fingerprint density at radius 2 is 1.90 bits per heavy atom. The predicted octanol–water partition coefficient (Wildman–Crippen LogP) is 4.25. The lowest BCUT2D eigenvalue weighted by atomic mass is 10.0. The van der Waals surface area contributed by atoms with Crippen molar-refractivity contribution in [2.45, 2.75) is 19.8 Å². The van der Waals surface area contributed by atoms with Gasteiger partial charge in [0, 0.05) is 17.7 Å². The lowest BCUT2D eigenvalue weighted by Gasteiger charge is -2.05. The van der Waals surface area contributed by atoms with Crippen LogP contribution in [0.5, 0.6) is 0 Å². The highest BCUT2D eigenvalue weighted by molar-refractivity contribution is 5.93. The van der Waals surface area contributed by atoms with Crippen LogP contribution in [0.15, 0.2) is 40.8 Å². The molecule has 0 fully saturated rings. The maximum absolute atomic E-state index is 10.9. The van der Waals surface area contributed by atoms with Crippen molar-refractivity contribution in [2.75, 3.05) is 0 Å². The summed E-state index contributed by atoms with van der Waals surface area (Å²) in [5, 5.41) is 8.90. The number of aromatic nitrogens is 1. The normalized spacial score (nSPS) is 11.3. The summed E-state index contributed by atoms with van der Waals surface area (Å²) in [4.78, 5) is 13.7. The van der Waals surface area contributed by atoms with Crippen LogP contribution in [-0.4, -0.2) is 16.1 Å². The van der Waals surface area contributed by atoms with Gasteiger partial charge >= 0.3 is 5.97 Å². The molecule has 0 spiro atoms. The summed E-state index contributed by atoms with van der Waals surface area (Å²) >= 11 is 0. The summed E-state index contributed by atoms with van der Waals surface area (Å²) in [6, 6.07) is 11.5. The van der Waals surface area contributed by atoms with E-state index in [0.29, 0.717) is 17.0 Å². The third-order valence-electron chi connectivity index (χ3n) is 3.40. The topological polar surface area (TPSA) is 66.2 Å². The molecule has 0 bridgehead atoms. The minimum atomic E-state index is -0.987. The quantitative estimate of drug-likeness (QED) is 0.747. The van der Waals surface area contributed by atoms with E-state index >= 15 is 0 Å². The molecule has 0 saturated heterocycles. The Balaban J connectivity index is 1.97. The molecule has 1 aromatic carbocycles. The summed E-state index contributed by atoms with van der Waals surface area (Å²) in [7, 11) is 0. The van der Waals surface area contributed by atoms with Crippen molar-refractivity contribution < 1.29 is 14.3 Å². The molecule has 3 aromatic rings. The predicted molar refractivity (Wildman–Crippen MR) is 77.0 cm³/mol. The first-order chi connectivity index (χ1) is 9.54. The van der Waals surface area contributed by atoms with Crippen LogP contribution < -0.4 is 0 Å². The molecule has 0 amide bonds. The number of carboxylic acid groups (broad SMARTS) is 1. The van der Waals surface area contributed by atoms with Gasteiger partial charge in [0.1, 0.15) is 11.5 Å². The van der Waals surface area contributed by atoms with E-state index in [9.17, 15) is 4.79 Å². The fraction of sp³-hybridized carbons (Fsp3) is 0.188. The molecule has 0 saturated carbocycles. The summed E-state index contributed by atoms with van der Waals surface area (Å²) in [6.07, 6.45) is 0. The number of aromatic carboxylic acids is 1. The average molecular weight is 269 g/mol. The number of fused-ring (bicyclic) bond motifs is 1. The largest absolute Gasteiger partial charge is 0.477 e. The molecule has 0 aliphatic carbocycles. The number of furan rings is 1. The molecule has 0 unspecified atom stereocenters. The number of carbonyl (C=O) groups is 1. The van der Waals surface area contributed by atoms with Crippen LogP contribution in [0.25, 0.3) is 22.4 Å². The molecule has 2 aromatic heterocycles. The second kappa shape index (κ2) is 4.56. The zero-order chi connectivity index (χ0) is 14.3. The minimum absolute atomic E-state index is 0.139. The molecule has 0 aliphatic heterocycles. The molecule has 3 rings (SSSR count). The zero-order valence-electron chi connectivity index (χ0n) is 11.3. The van der Waals surface area contributed by atoms with Crippen LogP contribution in [0.2, 0.25) is 0 Å². The summed E-state index contributed by atoms with van der Waals surface area (Å²) in [5.41, 5.74) is 3.66. The average Bonchev–Trinajstić information content (AvgIpc) is 2.96. The van der Waals surface area contributed by atoms with Gasteiger partial charge in [-0.1, -0.05) is 38.1 Å². The van der Waals surface area contributed by atoms with Gasteiger partial charge in [-0.05, 0) is 11.5 Å². The Bertz CT molecular complexity index is 731. The van der Waals surface area contributed by atoms with E-state index in [1.165, 1.54) is 11.6 Å². The number of aromatic amines is 1. The van der Waals surface area contributed by atoms with Crippen LogP contribution in [0.3, 0.4) is 0 Å². The summed E-state index contributed by atoms with van der Waals surface area (Å²) in [5.74, 6) is 0.242. The van der Waals surface area contributed by atoms with Crippen LogP contribution in [0.4, 0.5) is 0 Å². The first kappa shape index (κ1) is 12.5. The Morgan fingerprint density at radius 1 is 1.20 bits per heavy atom. The second-order valence-electron chi connectivity index (χ2n) is 5.15. The fourth-order valence-electron chi connectivity index (χ4n) is 2.21. The SMILES string of the molecule is CC(C)c1ccc(-c2cc3[nH]c(C(=O)O)cc3o2)cc1. The molecular formula is C16H15NO3. The number of nitrogens with one attached hydrogen (secondary N) is 1. The zero-order valence-corrected chi connectivity index (χ0v) is 11.3. The Hall–Kier alpha value is -2.49. The maximum Gasteiger partial charge on any atom is 0.352 e.